The number of carbonyl (C=O) groups is 2. The summed E-state index contributed by atoms with van der Waals surface area (Å²) in [6.07, 6.45) is 1.80. The van der Waals surface area contributed by atoms with Gasteiger partial charge in [0, 0.05) is 7.05 Å². The lowest BCUT2D eigenvalue weighted by molar-refractivity contribution is -0.121. The molecule has 0 radical (unpaired) electrons. The lowest BCUT2D eigenvalue weighted by Crippen LogP contribution is -2.23. The van der Waals surface area contributed by atoms with Crippen molar-refractivity contribution in [2.75, 3.05) is 14.2 Å². The molecule has 1 fully saturated rings. The smallest absolute Gasteiger partial charge is 0.335 e. The lowest BCUT2D eigenvalue weighted by Gasteiger charge is -2.12. The largest absolute Gasteiger partial charge is 0.493 e. The third-order valence-electron chi connectivity index (χ3n) is 5.07. The monoisotopic (exact) mass is 474 g/mol. The molecule has 1 saturated heterocycles. The van der Waals surface area contributed by atoms with Gasteiger partial charge in [0.05, 0.1) is 23.3 Å². The molecule has 4 rings (SSSR count). The molecule has 0 spiro atoms. The number of methoxy groups -OCH3 is 1. The van der Waals surface area contributed by atoms with Crippen LogP contribution in [0.1, 0.15) is 21.5 Å². The first-order chi connectivity index (χ1) is 16.4. The van der Waals surface area contributed by atoms with Crippen LogP contribution in [0.2, 0.25) is 0 Å². The number of hydrogen-bond donors (Lipinski definition) is 1. The number of carboxylic acids is 1. The van der Waals surface area contributed by atoms with Crippen molar-refractivity contribution in [2.45, 2.75) is 6.61 Å². The van der Waals surface area contributed by atoms with E-state index in [-0.39, 0.29) is 18.1 Å². The number of amides is 1. The summed E-state index contributed by atoms with van der Waals surface area (Å²) < 4.78 is 11.3. The van der Waals surface area contributed by atoms with Crippen molar-refractivity contribution in [3.8, 4) is 11.5 Å². The SMILES string of the molecule is COc1cc(/C=C2\SC(=Nc3ccccc3)N(C)C2=O)ccc1OCc1ccc(C(=O)O)cc1. The highest BCUT2D eigenvalue weighted by molar-refractivity contribution is 8.18. The van der Waals surface area contributed by atoms with E-state index in [0.717, 1.165) is 16.8 Å². The number of aromatic carboxylic acids is 1. The number of carbonyl (C=O) groups excluding carboxylic acids is 1. The second-order valence-corrected chi connectivity index (χ2v) is 8.41. The molecule has 0 saturated carbocycles. The van der Waals surface area contributed by atoms with Crippen LogP contribution in [0.25, 0.3) is 6.08 Å². The predicted molar refractivity (Wildman–Crippen MR) is 133 cm³/mol. The summed E-state index contributed by atoms with van der Waals surface area (Å²) in [5.74, 6) is -0.0227. The Hall–Kier alpha value is -4.04. The van der Waals surface area contributed by atoms with Gasteiger partial charge < -0.3 is 14.6 Å². The number of nitrogens with zero attached hydrogens (tertiary/aromatic N) is 2. The average molecular weight is 475 g/mol. The van der Waals surface area contributed by atoms with Crippen molar-refractivity contribution >= 4 is 40.6 Å². The molecule has 34 heavy (non-hydrogen) atoms. The Morgan fingerprint density at radius 2 is 1.79 bits per heavy atom. The number of ether oxygens (including phenoxy) is 2. The topological polar surface area (TPSA) is 88.4 Å². The zero-order valence-corrected chi connectivity index (χ0v) is 19.4. The van der Waals surface area contributed by atoms with Crippen LogP contribution in [0.15, 0.2) is 82.7 Å². The van der Waals surface area contributed by atoms with Gasteiger partial charge in [-0.2, -0.15) is 0 Å². The molecule has 1 amide bonds. The third-order valence-corrected chi connectivity index (χ3v) is 6.13. The molecular weight excluding hydrogens is 452 g/mol. The first-order valence-electron chi connectivity index (χ1n) is 10.4. The van der Waals surface area contributed by atoms with Crippen molar-refractivity contribution in [2.24, 2.45) is 4.99 Å². The fourth-order valence-electron chi connectivity index (χ4n) is 3.21. The van der Waals surface area contributed by atoms with E-state index < -0.39 is 5.97 Å². The summed E-state index contributed by atoms with van der Waals surface area (Å²) in [5.41, 5.74) is 2.63. The molecule has 1 aliphatic heterocycles. The Balaban J connectivity index is 1.49. The summed E-state index contributed by atoms with van der Waals surface area (Å²) in [5, 5.41) is 9.62. The summed E-state index contributed by atoms with van der Waals surface area (Å²) in [4.78, 5) is 30.4. The number of rotatable bonds is 7. The Morgan fingerprint density at radius 3 is 2.47 bits per heavy atom. The van der Waals surface area contributed by atoms with Crippen LogP contribution < -0.4 is 9.47 Å². The van der Waals surface area contributed by atoms with E-state index >= 15 is 0 Å². The van der Waals surface area contributed by atoms with Gasteiger partial charge in [0.25, 0.3) is 5.91 Å². The van der Waals surface area contributed by atoms with Crippen LogP contribution in [0.4, 0.5) is 5.69 Å². The second-order valence-electron chi connectivity index (χ2n) is 7.41. The number of benzene rings is 3. The van der Waals surface area contributed by atoms with E-state index in [0.29, 0.717) is 21.6 Å². The summed E-state index contributed by atoms with van der Waals surface area (Å²) in [6.45, 7) is 0.259. The first-order valence-corrected chi connectivity index (χ1v) is 11.2. The number of para-hydroxylation sites is 1. The van der Waals surface area contributed by atoms with E-state index in [2.05, 4.69) is 4.99 Å². The highest BCUT2D eigenvalue weighted by atomic mass is 32.2. The zero-order valence-electron chi connectivity index (χ0n) is 18.6. The summed E-state index contributed by atoms with van der Waals surface area (Å²) in [6, 6.07) is 21.4. The van der Waals surface area contributed by atoms with Gasteiger partial charge in [-0.25, -0.2) is 9.79 Å². The number of thioether (sulfide) groups is 1. The second kappa shape index (κ2) is 10.3. The molecule has 0 unspecified atom stereocenters. The van der Waals surface area contributed by atoms with Crippen molar-refractivity contribution in [1.29, 1.82) is 0 Å². The molecule has 1 aliphatic rings. The summed E-state index contributed by atoms with van der Waals surface area (Å²) >= 11 is 1.32. The molecule has 172 valence electrons. The molecule has 3 aromatic carbocycles. The van der Waals surface area contributed by atoms with Crippen molar-refractivity contribution in [3.05, 3.63) is 94.4 Å². The maximum Gasteiger partial charge on any atom is 0.335 e. The first kappa shape index (κ1) is 23.1. The van der Waals surface area contributed by atoms with Gasteiger partial charge in [0.2, 0.25) is 0 Å². The normalized spacial score (nSPS) is 15.7. The molecule has 8 heteroatoms. The quantitative estimate of drug-likeness (QED) is 0.473. The maximum absolute atomic E-state index is 12.7. The van der Waals surface area contributed by atoms with Crippen LogP contribution in [-0.2, 0) is 11.4 Å². The van der Waals surface area contributed by atoms with E-state index in [1.165, 1.54) is 28.8 Å². The zero-order chi connectivity index (χ0) is 24.1. The van der Waals surface area contributed by atoms with Crippen molar-refractivity contribution < 1.29 is 24.2 Å². The third kappa shape index (κ3) is 5.29. The van der Waals surface area contributed by atoms with Gasteiger partial charge in [-0.05, 0) is 65.4 Å². The summed E-state index contributed by atoms with van der Waals surface area (Å²) in [7, 11) is 3.26. The Morgan fingerprint density at radius 1 is 1.06 bits per heavy atom. The van der Waals surface area contributed by atoms with Crippen LogP contribution in [0.5, 0.6) is 11.5 Å². The minimum atomic E-state index is -0.970. The van der Waals surface area contributed by atoms with Crippen molar-refractivity contribution in [3.63, 3.8) is 0 Å². The van der Waals surface area contributed by atoms with E-state index in [4.69, 9.17) is 14.6 Å². The minimum Gasteiger partial charge on any atom is -0.493 e. The molecule has 0 bridgehead atoms. The predicted octanol–water partition coefficient (Wildman–Crippen LogP) is 5.21. The number of carboxylic acid groups (broad SMARTS) is 1. The highest BCUT2D eigenvalue weighted by Crippen LogP contribution is 2.35. The Bertz CT molecular complexity index is 1270. The standard InChI is InChI=1S/C26H22N2O5S/c1-28-24(29)23(34-26(28)27-20-6-4-3-5-7-20)15-18-10-13-21(22(14-18)32-2)33-16-17-8-11-19(12-9-17)25(30)31/h3-15H,16H2,1-2H3,(H,30,31)/b23-15-,27-26?. The Kier molecular flexibility index (Phi) is 6.98. The molecule has 1 heterocycles. The lowest BCUT2D eigenvalue weighted by atomic mass is 10.1. The van der Waals surface area contributed by atoms with E-state index in [9.17, 15) is 9.59 Å². The number of hydrogen-bond acceptors (Lipinski definition) is 6. The molecule has 0 aliphatic carbocycles. The van der Waals surface area contributed by atoms with E-state index in [1.54, 1.807) is 44.5 Å². The van der Waals surface area contributed by atoms with Gasteiger partial charge >= 0.3 is 5.97 Å². The number of amidine groups is 1. The highest BCUT2D eigenvalue weighted by Gasteiger charge is 2.30. The van der Waals surface area contributed by atoms with Gasteiger partial charge in [0.15, 0.2) is 16.7 Å². The fourth-order valence-corrected chi connectivity index (χ4v) is 4.20. The van der Waals surface area contributed by atoms with Gasteiger partial charge in [-0.15, -0.1) is 0 Å². The number of likely N-dealkylation sites (N-methyl/N-ethyl adjacent to an activating group) is 1. The molecule has 7 nitrogen and oxygen atoms in total. The average Bonchev–Trinajstić information content (AvgIpc) is 3.11. The van der Waals surface area contributed by atoms with E-state index in [1.807, 2.05) is 36.4 Å². The van der Waals surface area contributed by atoms with Crippen LogP contribution in [0, 0.1) is 0 Å². The molecule has 1 N–H and O–H groups in total. The minimum absolute atomic E-state index is 0.121. The van der Waals surface area contributed by atoms with Gasteiger partial charge in [-0.1, -0.05) is 36.4 Å². The molecule has 3 aromatic rings. The van der Waals surface area contributed by atoms with Crippen LogP contribution in [0.3, 0.4) is 0 Å². The molecule has 0 aromatic heterocycles. The number of aliphatic imine (C=N–C) groups is 1. The van der Waals surface area contributed by atoms with Crippen LogP contribution >= 0.6 is 11.8 Å². The fraction of sp³-hybridized carbons (Fsp3) is 0.115. The van der Waals surface area contributed by atoms with Crippen molar-refractivity contribution in [1.82, 2.24) is 4.90 Å². The Labute approximate surface area is 201 Å². The molecule has 0 atom stereocenters. The van der Waals surface area contributed by atoms with Crippen LogP contribution in [-0.4, -0.2) is 41.2 Å². The van der Waals surface area contributed by atoms with Gasteiger partial charge in [-0.3, -0.25) is 9.69 Å². The molecular formula is C26H22N2O5S. The maximum atomic E-state index is 12.7. The van der Waals surface area contributed by atoms with Gasteiger partial charge in [0.1, 0.15) is 6.61 Å².